The third-order valence-corrected chi connectivity index (χ3v) is 6.45. The van der Waals surface area contributed by atoms with E-state index in [1.165, 1.54) is 34.9 Å². The van der Waals surface area contributed by atoms with Crippen LogP contribution in [0.15, 0.2) is 54.7 Å². The summed E-state index contributed by atoms with van der Waals surface area (Å²) in [7, 11) is 0. The summed E-state index contributed by atoms with van der Waals surface area (Å²) in [5.41, 5.74) is 6.60. The van der Waals surface area contributed by atoms with Crippen molar-refractivity contribution in [3.05, 3.63) is 71.4 Å². The molecule has 1 amide bonds. The summed E-state index contributed by atoms with van der Waals surface area (Å²) >= 11 is 0. The van der Waals surface area contributed by atoms with Crippen molar-refractivity contribution < 1.29 is 10.0 Å². The van der Waals surface area contributed by atoms with E-state index in [1.54, 1.807) is 5.48 Å². The Hall–Kier alpha value is -3.07. The van der Waals surface area contributed by atoms with Crippen LogP contribution in [0.3, 0.4) is 0 Å². The molecule has 5 rings (SSSR count). The standard InChI is InChI=1S/C26H27N3O2/c30-26(28-31)24-12-11-22(24)20-9-7-19(8-10-20)17-29(16-18-5-6-18)14-13-21-15-27-25-4-2-1-3-23(21)25/h1-4,7-10,15,18,22,24,27,31H,5-6,13-14,16-17H2,(H,28,30). The van der Waals surface area contributed by atoms with Crippen LogP contribution < -0.4 is 5.48 Å². The lowest BCUT2D eigenvalue weighted by molar-refractivity contribution is -0.132. The van der Waals surface area contributed by atoms with Gasteiger partial charge in [-0.1, -0.05) is 54.3 Å². The van der Waals surface area contributed by atoms with Crippen LogP contribution in [0.2, 0.25) is 0 Å². The maximum atomic E-state index is 11.7. The summed E-state index contributed by atoms with van der Waals surface area (Å²) in [6, 6.07) is 16.9. The minimum atomic E-state index is -0.460. The number of hydrogen-bond acceptors (Lipinski definition) is 3. The normalized spacial score (nSPS) is 19.7. The van der Waals surface area contributed by atoms with Crippen molar-refractivity contribution in [2.45, 2.75) is 31.7 Å². The van der Waals surface area contributed by atoms with Crippen molar-refractivity contribution in [3.8, 4) is 11.8 Å². The lowest BCUT2D eigenvalue weighted by Crippen LogP contribution is -2.34. The van der Waals surface area contributed by atoms with Gasteiger partial charge in [0.1, 0.15) is 5.92 Å². The fourth-order valence-corrected chi connectivity index (χ4v) is 4.42. The first-order chi connectivity index (χ1) is 15.2. The molecule has 3 aromatic rings. The van der Waals surface area contributed by atoms with E-state index in [0.717, 1.165) is 37.5 Å². The van der Waals surface area contributed by atoms with Crippen molar-refractivity contribution in [3.63, 3.8) is 0 Å². The number of fused-ring (bicyclic) bond motifs is 1. The number of aromatic amines is 1. The predicted octanol–water partition coefficient (Wildman–Crippen LogP) is 3.84. The van der Waals surface area contributed by atoms with Gasteiger partial charge >= 0.3 is 0 Å². The number of nitrogens with zero attached hydrogens (tertiary/aromatic N) is 1. The average molecular weight is 414 g/mol. The molecule has 2 aliphatic carbocycles. The molecule has 2 aromatic carbocycles. The van der Waals surface area contributed by atoms with Crippen LogP contribution in [0.5, 0.6) is 0 Å². The highest BCUT2D eigenvalue weighted by Crippen LogP contribution is 2.32. The van der Waals surface area contributed by atoms with E-state index in [2.05, 4.69) is 76.5 Å². The summed E-state index contributed by atoms with van der Waals surface area (Å²) in [5, 5.41) is 10.2. The zero-order chi connectivity index (χ0) is 21.2. The molecule has 1 aromatic heterocycles. The van der Waals surface area contributed by atoms with Gasteiger partial charge in [-0.25, -0.2) is 5.48 Å². The van der Waals surface area contributed by atoms with Crippen LogP contribution in [0.25, 0.3) is 10.9 Å². The molecule has 0 bridgehead atoms. The Morgan fingerprint density at radius 2 is 1.94 bits per heavy atom. The topological polar surface area (TPSA) is 68.4 Å². The summed E-state index contributed by atoms with van der Waals surface area (Å²) in [5.74, 6) is 5.68. The molecule has 1 heterocycles. The molecular weight excluding hydrogens is 386 g/mol. The average Bonchev–Trinajstić information content (AvgIpc) is 3.49. The zero-order valence-electron chi connectivity index (χ0n) is 17.5. The summed E-state index contributed by atoms with van der Waals surface area (Å²) < 4.78 is 0. The van der Waals surface area contributed by atoms with E-state index in [0.29, 0.717) is 0 Å². The number of carbonyl (C=O) groups excluding carboxylic acids is 1. The predicted molar refractivity (Wildman–Crippen MR) is 120 cm³/mol. The fraction of sp³-hybridized carbons (Fsp3) is 0.346. The molecule has 5 nitrogen and oxygen atoms in total. The monoisotopic (exact) mass is 413 g/mol. The number of hydroxylamine groups is 1. The first kappa shape index (κ1) is 19.9. The minimum Gasteiger partial charge on any atom is -0.361 e. The lowest BCUT2D eigenvalue weighted by Gasteiger charge is -2.24. The van der Waals surface area contributed by atoms with Gasteiger partial charge in [0.05, 0.1) is 5.92 Å². The molecular formula is C26H27N3O2. The van der Waals surface area contributed by atoms with Crippen LogP contribution in [0.4, 0.5) is 0 Å². The fourth-order valence-electron chi connectivity index (χ4n) is 4.42. The minimum absolute atomic E-state index is 0.134. The van der Waals surface area contributed by atoms with E-state index in [4.69, 9.17) is 5.21 Å². The second-order valence-corrected chi connectivity index (χ2v) is 8.75. The molecule has 2 unspecified atom stereocenters. The van der Waals surface area contributed by atoms with Gasteiger partial charge in [0.15, 0.2) is 0 Å². The van der Waals surface area contributed by atoms with Crippen LogP contribution in [-0.4, -0.2) is 34.1 Å². The second-order valence-electron chi connectivity index (χ2n) is 8.75. The van der Waals surface area contributed by atoms with Crippen LogP contribution >= 0.6 is 0 Å². The quantitative estimate of drug-likeness (QED) is 0.284. The Labute approximate surface area is 182 Å². The van der Waals surface area contributed by atoms with Gasteiger partial charge in [0.2, 0.25) is 0 Å². The third-order valence-electron chi connectivity index (χ3n) is 6.45. The van der Waals surface area contributed by atoms with Crippen molar-refractivity contribution >= 4 is 16.8 Å². The molecule has 0 saturated heterocycles. The van der Waals surface area contributed by atoms with Crippen LogP contribution in [0, 0.1) is 23.7 Å². The van der Waals surface area contributed by atoms with E-state index >= 15 is 0 Å². The third kappa shape index (κ3) is 4.36. The number of H-pyrrole nitrogens is 1. The number of carbonyl (C=O) groups is 1. The van der Waals surface area contributed by atoms with Gasteiger partial charge in [0.25, 0.3) is 5.91 Å². The Morgan fingerprint density at radius 3 is 2.65 bits per heavy atom. The van der Waals surface area contributed by atoms with E-state index in [1.807, 2.05) is 0 Å². The first-order valence-electron chi connectivity index (χ1n) is 11.0. The van der Waals surface area contributed by atoms with Crippen molar-refractivity contribution in [2.24, 2.45) is 11.8 Å². The van der Waals surface area contributed by atoms with Crippen LogP contribution in [-0.2, 0) is 17.8 Å². The number of amides is 1. The number of para-hydroxylation sites is 1. The van der Waals surface area contributed by atoms with Gasteiger partial charge in [-0.2, -0.15) is 0 Å². The van der Waals surface area contributed by atoms with E-state index in [9.17, 15) is 4.79 Å². The first-order valence-corrected chi connectivity index (χ1v) is 11.0. The Balaban J connectivity index is 1.24. The molecule has 0 aliphatic heterocycles. The zero-order valence-corrected chi connectivity index (χ0v) is 17.5. The maximum absolute atomic E-state index is 11.7. The van der Waals surface area contributed by atoms with Crippen molar-refractivity contribution in [1.29, 1.82) is 0 Å². The molecule has 31 heavy (non-hydrogen) atoms. The number of aromatic nitrogens is 1. The summed E-state index contributed by atoms with van der Waals surface area (Å²) in [6.45, 7) is 3.11. The Bertz CT molecular complexity index is 1130. The van der Waals surface area contributed by atoms with Gasteiger partial charge < -0.3 is 4.98 Å². The number of benzene rings is 2. The van der Waals surface area contributed by atoms with E-state index < -0.39 is 11.8 Å². The molecule has 2 atom stereocenters. The molecule has 2 aliphatic rings. The molecule has 1 fully saturated rings. The molecule has 0 spiro atoms. The van der Waals surface area contributed by atoms with Crippen molar-refractivity contribution in [1.82, 2.24) is 15.4 Å². The number of hydrogen-bond donors (Lipinski definition) is 3. The van der Waals surface area contributed by atoms with Crippen LogP contribution in [0.1, 0.15) is 35.4 Å². The van der Waals surface area contributed by atoms with Gasteiger partial charge in [-0.05, 0) is 47.9 Å². The Morgan fingerprint density at radius 1 is 1.13 bits per heavy atom. The highest BCUT2D eigenvalue weighted by molar-refractivity contribution is 5.84. The lowest BCUT2D eigenvalue weighted by atomic mass is 9.79. The maximum Gasteiger partial charge on any atom is 0.260 e. The molecule has 1 saturated carbocycles. The Kier molecular flexibility index (Phi) is 5.50. The second kappa shape index (κ2) is 8.58. The highest BCUT2D eigenvalue weighted by atomic mass is 16.5. The summed E-state index contributed by atoms with van der Waals surface area (Å²) in [6.07, 6.45) is 5.87. The smallest absolute Gasteiger partial charge is 0.260 e. The van der Waals surface area contributed by atoms with Gasteiger partial charge in [-0.3, -0.25) is 14.9 Å². The van der Waals surface area contributed by atoms with Gasteiger partial charge in [-0.15, -0.1) is 0 Å². The molecule has 0 radical (unpaired) electrons. The number of rotatable bonds is 9. The van der Waals surface area contributed by atoms with E-state index in [-0.39, 0.29) is 5.92 Å². The summed E-state index contributed by atoms with van der Waals surface area (Å²) in [4.78, 5) is 17.6. The molecule has 3 N–H and O–H groups in total. The number of nitrogens with one attached hydrogen (secondary N) is 2. The SMILES string of the molecule is O=C(NO)C1C#CC1c1ccc(CN(CCc2c[nH]c3ccccc23)CC2CC2)cc1. The largest absolute Gasteiger partial charge is 0.361 e. The molecule has 158 valence electrons. The van der Waals surface area contributed by atoms with Crippen molar-refractivity contribution in [2.75, 3.05) is 13.1 Å². The highest BCUT2D eigenvalue weighted by Gasteiger charge is 2.32. The van der Waals surface area contributed by atoms with Gasteiger partial charge in [0, 0.05) is 36.7 Å². The molecule has 5 heteroatoms.